The molecule has 0 aromatic heterocycles. The Balaban J connectivity index is 1.53. The van der Waals surface area contributed by atoms with Gasteiger partial charge in [-0.05, 0) is 53.1 Å². The molecule has 0 spiro atoms. The predicted molar refractivity (Wildman–Crippen MR) is 127 cm³/mol. The van der Waals surface area contributed by atoms with Gasteiger partial charge in [0.1, 0.15) is 23.5 Å². The number of hydrogen-bond donors (Lipinski definition) is 4. The van der Waals surface area contributed by atoms with Crippen molar-refractivity contribution < 1.29 is 44.3 Å². The third-order valence-electron chi connectivity index (χ3n) is 5.73. The van der Waals surface area contributed by atoms with E-state index in [1.54, 1.807) is 30.3 Å². The molecule has 1 heterocycles. The van der Waals surface area contributed by atoms with Gasteiger partial charge in [0, 0.05) is 18.1 Å². The smallest absolute Gasteiger partial charge is 0.331 e. The SMILES string of the molecule is O=C[C@@H](Cc1ccc(O)c(O)c1)OC(=O)/C=C/c1cccc2c1[C@H](C(=O)O)[C@@H](c1cccc(O)c1)O2. The summed E-state index contributed by atoms with van der Waals surface area (Å²) in [7, 11) is 0. The van der Waals surface area contributed by atoms with E-state index in [4.69, 9.17) is 9.47 Å². The van der Waals surface area contributed by atoms with Gasteiger partial charge < -0.3 is 29.9 Å². The number of phenols is 3. The monoisotopic (exact) mass is 490 g/mol. The van der Waals surface area contributed by atoms with Crippen LogP contribution in [0, 0.1) is 0 Å². The molecule has 1 aliphatic heterocycles. The maximum absolute atomic E-state index is 12.4. The number of phenolic OH excluding ortho intramolecular Hbond substituents is 3. The molecule has 1 aliphatic rings. The summed E-state index contributed by atoms with van der Waals surface area (Å²) in [4.78, 5) is 36.0. The van der Waals surface area contributed by atoms with Gasteiger partial charge >= 0.3 is 11.9 Å². The van der Waals surface area contributed by atoms with Crippen molar-refractivity contribution in [2.45, 2.75) is 24.5 Å². The molecule has 184 valence electrons. The molecule has 4 N–H and O–H groups in total. The number of aldehydes is 1. The summed E-state index contributed by atoms with van der Waals surface area (Å²) in [6.07, 6.45) is 0.882. The van der Waals surface area contributed by atoms with E-state index in [1.807, 2.05) is 0 Å². The van der Waals surface area contributed by atoms with E-state index in [2.05, 4.69) is 0 Å². The zero-order valence-electron chi connectivity index (χ0n) is 18.8. The number of benzene rings is 3. The number of esters is 1. The van der Waals surface area contributed by atoms with Crippen LogP contribution in [-0.2, 0) is 25.5 Å². The summed E-state index contributed by atoms with van der Waals surface area (Å²) in [6.45, 7) is 0. The molecule has 0 unspecified atom stereocenters. The average molecular weight is 490 g/mol. The summed E-state index contributed by atoms with van der Waals surface area (Å²) in [5, 5.41) is 38.8. The molecule has 3 aromatic carbocycles. The standard InChI is InChI=1S/C27H22O9/c28-14-19(11-15-7-9-20(30)21(31)12-15)35-23(32)10-8-16-3-2-6-22-24(16)25(27(33)34)26(36-22)17-4-1-5-18(29)13-17/h1-10,12-14,19,25-26,29-31H,11H2,(H,33,34)/b10-8+/t19-,25+,26-/m1/s1. The van der Waals surface area contributed by atoms with Crippen LogP contribution in [0.25, 0.3) is 6.08 Å². The van der Waals surface area contributed by atoms with E-state index in [0.29, 0.717) is 34.3 Å². The van der Waals surface area contributed by atoms with Gasteiger partial charge in [0.05, 0.1) is 0 Å². The van der Waals surface area contributed by atoms with Crippen molar-refractivity contribution in [3.8, 4) is 23.0 Å². The van der Waals surface area contributed by atoms with E-state index in [9.17, 15) is 34.8 Å². The molecule has 4 rings (SSSR count). The van der Waals surface area contributed by atoms with Crippen molar-refractivity contribution in [2.75, 3.05) is 0 Å². The molecule has 36 heavy (non-hydrogen) atoms. The molecular formula is C27H22O9. The van der Waals surface area contributed by atoms with Crippen LogP contribution < -0.4 is 4.74 Å². The number of aliphatic carboxylic acids is 1. The van der Waals surface area contributed by atoms with E-state index < -0.39 is 30.1 Å². The lowest BCUT2D eigenvalue weighted by Crippen LogP contribution is -2.21. The van der Waals surface area contributed by atoms with Crippen molar-refractivity contribution in [1.82, 2.24) is 0 Å². The highest BCUT2D eigenvalue weighted by Gasteiger charge is 2.42. The Morgan fingerprint density at radius 2 is 1.78 bits per heavy atom. The van der Waals surface area contributed by atoms with Gasteiger partial charge in [-0.3, -0.25) is 9.59 Å². The van der Waals surface area contributed by atoms with Crippen molar-refractivity contribution in [2.24, 2.45) is 0 Å². The Hall–Kier alpha value is -4.79. The van der Waals surface area contributed by atoms with Crippen molar-refractivity contribution in [3.05, 3.63) is 89.0 Å². The van der Waals surface area contributed by atoms with Gasteiger partial charge in [0.2, 0.25) is 0 Å². The molecule has 0 fully saturated rings. The number of carbonyl (C=O) groups excluding carboxylic acids is 2. The first-order valence-electron chi connectivity index (χ1n) is 10.9. The van der Waals surface area contributed by atoms with E-state index in [-0.39, 0.29) is 23.7 Å². The number of carboxylic acids is 1. The Bertz CT molecular complexity index is 1340. The number of rotatable bonds is 8. The first-order chi connectivity index (χ1) is 17.3. The second kappa shape index (κ2) is 10.2. The van der Waals surface area contributed by atoms with Crippen LogP contribution in [0.5, 0.6) is 23.0 Å². The molecule has 9 heteroatoms. The molecule has 0 saturated heterocycles. The lowest BCUT2D eigenvalue weighted by atomic mass is 9.88. The molecule has 0 bridgehead atoms. The molecule has 9 nitrogen and oxygen atoms in total. The minimum atomic E-state index is -1.14. The summed E-state index contributed by atoms with van der Waals surface area (Å²) in [5.74, 6) is -3.42. The van der Waals surface area contributed by atoms with Crippen molar-refractivity contribution in [1.29, 1.82) is 0 Å². The fraction of sp³-hybridized carbons (Fsp3) is 0.148. The summed E-state index contributed by atoms with van der Waals surface area (Å²) >= 11 is 0. The highest BCUT2D eigenvalue weighted by atomic mass is 16.5. The maximum atomic E-state index is 12.4. The quantitative estimate of drug-likeness (QED) is 0.161. The highest BCUT2D eigenvalue weighted by Crippen LogP contribution is 2.48. The van der Waals surface area contributed by atoms with E-state index in [0.717, 1.165) is 6.08 Å². The Morgan fingerprint density at radius 3 is 2.47 bits per heavy atom. The van der Waals surface area contributed by atoms with Crippen molar-refractivity contribution in [3.63, 3.8) is 0 Å². The largest absolute Gasteiger partial charge is 0.508 e. The number of carboxylic acid groups (broad SMARTS) is 1. The molecule has 3 atom stereocenters. The fourth-order valence-electron chi connectivity index (χ4n) is 4.11. The second-order valence-electron chi connectivity index (χ2n) is 8.18. The lowest BCUT2D eigenvalue weighted by Gasteiger charge is -2.16. The summed E-state index contributed by atoms with van der Waals surface area (Å²) in [6, 6.07) is 15.1. The minimum Gasteiger partial charge on any atom is -0.508 e. The zero-order valence-corrected chi connectivity index (χ0v) is 18.8. The first-order valence-corrected chi connectivity index (χ1v) is 10.9. The van der Waals surface area contributed by atoms with Gasteiger partial charge in [-0.25, -0.2) is 4.79 Å². The van der Waals surface area contributed by atoms with E-state index in [1.165, 1.54) is 36.4 Å². The second-order valence-corrected chi connectivity index (χ2v) is 8.18. The maximum Gasteiger partial charge on any atom is 0.331 e. The molecular weight excluding hydrogens is 468 g/mol. The number of ether oxygens (including phenoxy) is 2. The Kier molecular flexibility index (Phi) is 6.91. The number of carbonyl (C=O) groups is 3. The van der Waals surface area contributed by atoms with Crippen molar-refractivity contribution >= 4 is 24.3 Å². The Morgan fingerprint density at radius 1 is 1.00 bits per heavy atom. The van der Waals surface area contributed by atoms with Gasteiger partial charge in [-0.1, -0.05) is 30.3 Å². The van der Waals surface area contributed by atoms with Crippen LogP contribution in [0.4, 0.5) is 0 Å². The molecule has 0 saturated carbocycles. The highest BCUT2D eigenvalue weighted by molar-refractivity contribution is 5.90. The predicted octanol–water partition coefficient (Wildman–Crippen LogP) is 3.47. The van der Waals surface area contributed by atoms with Crippen LogP contribution in [0.15, 0.2) is 66.7 Å². The van der Waals surface area contributed by atoms with Gasteiger partial charge in [-0.15, -0.1) is 0 Å². The zero-order chi connectivity index (χ0) is 25.8. The normalized spacial score (nSPS) is 17.2. The summed E-state index contributed by atoms with van der Waals surface area (Å²) < 4.78 is 11.1. The topological polar surface area (TPSA) is 151 Å². The lowest BCUT2D eigenvalue weighted by molar-refractivity contribution is -0.146. The Labute approximate surface area is 205 Å². The molecule has 0 aliphatic carbocycles. The van der Waals surface area contributed by atoms with Crippen LogP contribution in [-0.4, -0.2) is 44.8 Å². The summed E-state index contributed by atoms with van der Waals surface area (Å²) in [5.41, 5.74) is 1.75. The van der Waals surface area contributed by atoms with Crippen LogP contribution in [0.1, 0.15) is 34.3 Å². The molecule has 3 aromatic rings. The van der Waals surface area contributed by atoms with Crippen LogP contribution in [0.2, 0.25) is 0 Å². The number of hydrogen-bond acceptors (Lipinski definition) is 8. The molecule has 0 radical (unpaired) electrons. The first kappa shape index (κ1) is 24.3. The van der Waals surface area contributed by atoms with Gasteiger partial charge in [0.25, 0.3) is 0 Å². The third kappa shape index (κ3) is 5.15. The van der Waals surface area contributed by atoms with Gasteiger partial charge in [0.15, 0.2) is 23.9 Å². The van der Waals surface area contributed by atoms with Crippen LogP contribution >= 0.6 is 0 Å². The number of aromatic hydroxyl groups is 3. The van der Waals surface area contributed by atoms with Gasteiger partial charge in [-0.2, -0.15) is 0 Å². The minimum absolute atomic E-state index is 0.0157. The third-order valence-corrected chi connectivity index (χ3v) is 5.73. The average Bonchev–Trinajstić information content (AvgIpc) is 3.25. The number of fused-ring (bicyclic) bond motifs is 1. The van der Waals surface area contributed by atoms with Crippen LogP contribution in [0.3, 0.4) is 0 Å². The van der Waals surface area contributed by atoms with E-state index >= 15 is 0 Å². The molecule has 0 amide bonds. The fourth-order valence-corrected chi connectivity index (χ4v) is 4.11.